The van der Waals surface area contributed by atoms with Gasteiger partial charge in [-0.3, -0.25) is 9.58 Å². The molecule has 1 atom stereocenters. The van der Waals surface area contributed by atoms with E-state index in [4.69, 9.17) is 9.84 Å². The molecule has 1 unspecified atom stereocenters. The Morgan fingerprint density at radius 3 is 2.85 bits per heavy atom. The van der Waals surface area contributed by atoms with Crippen LogP contribution in [0.2, 0.25) is 0 Å². The largest absolute Gasteiger partial charge is 0.379 e. The number of nitrogens with one attached hydrogen (secondary N) is 1. The Morgan fingerprint density at radius 1 is 1.23 bits per heavy atom. The molecule has 26 heavy (non-hydrogen) atoms. The van der Waals surface area contributed by atoms with Crippen molar-refractivity contribution in [2.75, 3.05) is 50.9 Å². The van der Waals surface area contributed by atoms with Crippen molar-refractivity contribution in [3.05, 3.63) is 17.0 Å². The van der Waals surface area contributed by atoms with Crippen molar-refractivity contribution >= 4 is 9.84 Å². The smallest absolute Gasteiger partial charge is 0.150 e. The fourth-order valence-electron chi connectivity index (χ4n) is 4.42. The molecule has 0 radical (unpaired) electrons. The summed E-state index contributed by atoms with van der Waals surface area (Å²) in [5, 5.41) is 8.37. The van der Waals surface area contributed by atoms with E-state index in [2.05, 4.69) is 14.9 Å². The maximum absolute atomic E-state index is 11.8. The van der Waals surface area contributed by atoms with Crippen LogP contribution >= 0.6 is 0 Å². The lowest BCUT2D eigenvalue weighted by Gasteiger charge is -2.26. The first-order valence-corrected chi connectivity index (χ1v) is 11.7. The van der Waals surface area contributed by atoms with Gasteiger partial charge in [-0.2, -0.15) is 5.10 Å². The number of aromatic nitrogens is 2. The van der Waals surface area contributed by atoms with E-state index in [9.17, 15) is 8.42 Å². The first kappa shape index (κ1) is 18.4. The van der Waals surface area contributed by atoms with Gasteiger partial charge < -0.3 is 10.1 Å². The van der Waals surface area contributed by atoms with Crippen LogP contribution in [0.3, 0.4) is 0 Å². The van der Waals surface area contributed by atoms with Gasteiger partial charge in [-0.05, 0) is 25.2 Å². The first-order chi connectivity index (χ1) is 12.6. The molecule has 0 amide bonds. The second-order valence-corrected chi connectivity index (χ2v) is 10.0. The van der Waals surface area contributed by atoms with Crippen molar-refractivity contribution in [1.29, 1.82) is 0 Å². The van der Waals surface area contributed by atoms with Gasteiger partial charge in [-0.1, -0.05) is 0 Å². The van der Waals surface area contributed by atoms with E-state index >= 15 is 0 Å². The molecule has 0 aromatic carbocycles. The summed E-state index contributed by atoms with van der Waals surface area (Å²) in [5.41, 5.74) is 3.81. The number of hydrogen-bond acceptors (Lipinski definition) is 6. The Morgan fingerprint density at radius 2 is 2.08 bits per heavy atom. The lowest BCUT2D eigenvalue weighted by Crippen LogP contribution is -2.37. The fraction of sp³-hybridized carbons (Fsp3) is 0.833. The van der Waals surface area contributed by atoms with E-state index in [1.165, 1.54) is 11.3 Å². The highest BCUT2D eigenvalue weighted by Gasteiger charge is 2.30. The summed E-state index contributed by atoms with van der Waals surface area (Å²) >= 11 is 0. The number of sulfone groups is 1. The van der Waals surface area contributed by atoms with Gasteiger partial charge in [0.1, 0.15) is 0 Å². The Kier molecular flexibility index (Phi) is 5.63. The zero-order valence-corrected chi connectivity index (χ0v) is 16.3. The molecule has 4 heterocycles. The number of fused-ring (bicyclic) bond motifs is 1. The van der Waals surface area contributed by atoms with Crippen LogP contribution in [-0.2, 0) is 40.5 Å². The van der Waals surface area contributed by atoms with Crippen LogP contribution in [0, 0.1) is 5.92 Å². The van der Waals surface area contributed by atoms with Gasteiger partial charge in [0.2, 0.25) is 0 Å². The third kappa shape index (κ3) is 4.30. The highest BCUT2D eigenvalue weighted by Crippen LogP contribution is 2.26. The van der Waals surface area contributed by atoms with Crippen LogP contribution in [0.25, 0.3) is 0 Å². The van der Waals surface area contributed by atoms with E-state index < -0.39 is 9.84 Å². The second kappa shape index (κ2) is 7.96. The maximum atomic E-state index is 11.8. The number of nitrogens with zero attached hydrogens (tertiary/aromatic N) is 3. The van der Waals surface area contributed by atoms with Gasteiger partial charge in [0.25, 0.3) is 0 Å². The summed E-state index contributed by atoms with van der Waals surface area (Å²) in [6, 6.07) is 0. The quantitative estimate of drug-likeness (QED) is 0.759. The Bertz CT molecular complexity index is 725. The molecule has 1 aromatic rings. The summed E-state index contributed by atoms with van der Waals surface area (Å²) in [7, 11) is -2.82. The van der Waals surface area contributed by atoms with Gasteiger partial charge >= 0.3 is 0 Å². The zero-order valence-electron chi connectivity index (χ0n) is 15.5. The fourth-order valence-corrected chi connectivity index (χ4v) is 6.28. The molecule has 2 saturated heterocycles. The summed E-state index contributed by atoms with van der Waals surface area (Å²) < 4.78 is 31.1. The monoisotopic (exact) mass is 382 g/mol. The molecule has 0 spiro atoms. The van der Waals surface area contributed by atoms with E-state index in [1.54, 1.807) is 0 Å². The Labute approximate surface area is 156 Å². The minimum atomic E-state index is -2.82. The molecule has 0 bridgehead atoms. The Hall–Kier alpha value is -0.960. The SMILES string of the molecule is O=S1(=O)CCC(Cc2nn(CCCN3CCOCC3)c3c2CNCC3)C1. The van der Waals surface area contributed by atoms with Gasteiger partial charge in [0.15, 0.2) is 9.84 Å². The number of ether oxygens (including phenoxy) is 1. The first-order valence-electron chi connectivity index (χ1n) is 9.89. The molecule has 0 aliphatic carbocycles. The highest BCUT2D eigenvalue weighted by molar-refractivity contribution is 7.91. The van der Waals surface area contributed by atoms with E-state index in [1.807, 2.05) is 0 Å². The Balaban J connectivity index is 1.41. The third-order valence-corrected chi connectivity index (χ3v) is 7.68. The minimum absolute atomic E-state index is 0.239. The molecule has 1 aromatic heterocycles. The van der Waals surface area contributed by atoms with Crippen LogP contribution in [0.1, 0.15) is 29.8 Å². The zero-order chi connectivity index (χ0) is 18.0. The normalized spacial score (nSPS) is 26.1. The van der Waals surface area contributed by atoms with Crippen LogP contribution in [0.15, 0.2) is 0 Å². The molecule has 8 heteroatoms. The highest BCUT2D eigenvalue weighted by atomic mass is 32.2. The van der Waals surface area contributed by atoms with Crippen LogP contribution < -0.4 is 5.32 Å². The standard InChI is InChI=1S/C18H30N4O3S/c23-26(24)11-3-15(14-26)12-17-16-13-19-4-2-18(16)22(20-17)6-1-5-21-7-9-25-10-8-21/h15,19H,1-14H2. The predicted molar refractivity (Wildman–Crippen MR) is 100.0 cm³/mol. The number of aryl methyl sites for hydroxylation is 1. The van der Waals surface area contributed by atoms with Crippen molar-refractivity contribution in [1.82, 2.24) is 20.0 Å². The number of morpholine rings is 1. The van der Waals surface area contributed by atoms with Crippen molar-refractivity contribution in [2.45, 2.75) is 38.8 Å². The van der Waals surface area contributed by atoms with Crippen molar-refractivity contribution < 1.29 is 13.2 Å². The molecular formula is C18H30N4O3S. The predicted octanol–water partition coefficient (Wildman–Crippen LogP) is 0.228. The second-order valence-electron chi connectivity index (χ2n) is 7.80. The topological polar surface area (TPSA) is 76.5 Å². The maximum Gasteiger partial charge on any atom is 0.150 e. The molecule has 3 aliphatic heterocycles. The van der Waals surface area contributed by atoms with E-state index in [0.29, 0.717) is 11.5 Å². The lowest BCUT2D eigenvalue weighted by atomic mass is 9.98. The van der Waals surface area contributed by atoms with E-state index in [-0.39, 0.29) is 5.92 Å². The molecule has 4 rings (SSSR count). The molecule has 1 N–H and O–H groups in total. The van der Waals surface area contributed by atoms with Crippen molar-refractivity contribution in [3.8, 4) is 0 Å². The number of hydrogen-bond donors (Lipinski definition) is 1. The molecule has 2 fully saturated rings. The summed E-state index contributed by atoms with van der Waals surface area (Å²) in [5.74, 6) is 0.917. The van der Waals surface area contributed by atoms with Gasteiger partial charge in [-0.25, -0.2) is 8.42 Å². The molecular weight excluding hydrogens is 352 g/mol. The molecule has 7 nitrogen and oxygen atoms in total. The molecule has 146 valence electrons. The average molecular weight is 383 g/mol. The van der Waals surface area contributed by atoms with Gasteiger partial charge in [0, 0.05) is 56.9 Å². The summed E-state index contributed by atoms with van der Waals surface area (Å²) in [6.45, 7) is 7.65. The van der Waals surface area contributed by atoms with Gasteiger partial charge in [0.05, 0.1) is 30.4 Å². The van der Waals surface area contributed by atoms with Crippen molar-refractivity contribution in [3.63, 3.8) is 0 Å². The van der Waals surface area contributed by atoms with Crippen molar-refractivity contribution in [2.24, 2.45) is 5.92 Å². The third-order valence-electron chi connectivity index (χ3n) is 5.85. The molecule has 0 saturated carbocycles. The summed E-state index contributed by atoms with van der Waals surface area (Å²) in [6.07, 6.45) is 3.70. The van der Waals surface area contributed by atoms with Crippen LogP contribution in [-0.4, -0.2) is 74.0 Å². The minimum Gasteiger partial charge on any atom is -0.379 e. The van der Waals surface area contributed by atoms with E-state index in [0.717, 1.165) is 83.9 Å². The molecule has 3 aliphatic rings. The number of rotatable bonds is 6. The van der Waals surface area contributed by atoms with Gasteiger partial charge in [-0.15, -0.1) is 0 Å². The summed E-state index contributed by atoms with van der Waals surface area (Å²) in [4.78, 5) is 2.46. The lowest BCUT2D eigenvalue weighted by molar-refractivity contribution is 0.0368. The average Bonchev–Trinajstić information content (AvgIpc) is 3.16. The van der Waals surface area contributed by atoms with Crippen LogP contribution in [0.5, 0.6) is 0 Å². The van der Waals surface area contributed by atoms with Crippen LogP contribution in [0.4, 0.5) is 0 Å².